The van der Waals surface area contributed by atoms with Gasteiger partial charge in [-0.1, -0.05) is 195 Å². The molecule has 2 heterocycles. The van der Waals surface area contributed by atoms with Gasteiger partial charge in [0.05, 0.1) is 26.4 Å². The maximum Gasteiger partial charge on any atom is 0.248 e. The fourth-order valence-electron chi connectivity index (χ4n) is 10.0. The number of benzene rings is 5. The minimum absolute atomic E-state index is 0.419. The molecule has 0 N–H and O–H groups in total. The lowest BCUT2D eigenvalue weighted by molar-refractivity contribution is 0.211. The molecule has 0 aliphatic heterocycles. The summed E-state index contributed by atoms with van der Waals surface area (Å²) in [5, 5.41) is 17.6. The number of hydrogen-bond donors (Lipinski definition) is 0. The summed E-state index contributed by atoms with van der Waals surface area (Å²) >= 11 is 0. The second kappa shape index (κ2) is 33.5. The highest BCUT2D eigenvalue weighted by atomic mass is 16.5. The van der Waals surface area contributed by atoms with Crippen molar-refractivity contribution in [1.29, 1.82) is 0 Å². The van der Waals surface area contributed by atoms with Gasteiger partial charge in [0.25, 0.3) is 0 Å². The molecule has 0 spiro atoms. The Bertz CT molecular complexity index is 2850. The molecule has 84 heavy (non-hydrogen) atoms. The van der Waals surface area contributed by atoms with E-state index in [-0.39, 0.29) is 0 Å². The van der Waals surface area contributed by atoms with Crippen molar-refractivity contribution >= 4 is 24.3 Å². The zero-order valence-electron chi connectivity index (χ0n) is 52.9. The molecule has 10 nitrogen and oxygen atoms in total. The lowest BCUT2D eigenvalue weighted by atomic mass is 10.0. The highest BCUT2D eigenvalue weighted by Crippen LogP contribution is 2.34. The predicted octanol–water partition coefficient (Wildman–Crippen LogP) is 20.8. The summed E-state index contributed by atoms with van der Waals surface area (Å²) in [6.45, 7) is 30.1. The van der Waals surface area contributed by atoms with E-state index >= 15 is 0 Å². The Kier molecular flexibility index (Phi) is 25.8. The van der Waals surface area contributed by atoms with E-state index in [1.54, 1.807) is 0 Å². The van der Waals surface area contributed by atoms with Crippen molar-refractivity contribution in [2.24, 2.45) is 47.3 Å². The second-order valence-corrected chi connectivity index (χ2v) is 25.7. The Hall–Kier alpha value is -6.94. The topological polar surface area (TPSA) is 115 Å². The van der Waals surface area contributed by atoms with Gasteiger partial charge in [0, 0.05) is 22.3 Å². The molecular formula is C74H98N4O6. The van der Waals surface area contributed by atoms with Gasteiger partial charge in [0.2, 0.25) is 23.6 Å². The monoisotopic (exact) mass is 1140 g/mol. The Balaban J connectivity index is 0.932. The predicted molar refractivity (Wildman–Crippen MR) is 348 cm³/mol. The molecule has 2 aromatic heterocycles. The van der Waals surface area contributed by atoms with Crippen LogP contribution in [0.25, 0.3) is 70.1 Å². The highest BCUT2D eigenvalue weighted by molar-refractivity contribution is 5.74. The summed E-state index contributed by atoms with van der Waals surface area (Å²) in [7, 11) is 0. The molecule has 0 aliphatic carbocycles. The van der Waals surface area contributed by atoms with Crippen LogP contribution in [0.1, 0.15) is 182 Å². The number of nitrogens with zero attached hydrogens (tertiary/aromatic N) is 4. The third-order valence-corrected chi connectivity index (χ3v) is 15.4. The van der Waals surface area contributed by atoms with Crippen LogP contribution in [-0.4, -0.2) is 46.8 Å². The average Bonchev–Trinajstić information content (AvgIpc) is 4.41. The molecule has 0 saturated carbocycles. The van der Waals surface area contributed by atoms with Gasteiger partial charge in [-0.3, -0.25) is 0 Å². The van der Waals surface area contributed by atoms with E-state index in [9.17, 15) is 0 Å². The van der Waals surface area contributed by atoms with Crippen molar-refractivity contribution in [3.63, 3.8) is 0 Å². The third-order valence-electron chi connectivity index (χ3n) is 15.4. The number of ether oxygens (including phenoxy) is 4. The van der Waals surface area contributed by atoms with Crippen LogP contribution < -0.4 is 18.9 Å². The standard InChI is InChI=1S/C74H98N4O6/c1-51(2)17-13-21-55(9)47-79-67-43-33-61(45-69(67)81-49-57(11)23-15-19-53(5)6)27-25-59-29-35-63(36-30-59)71-75-77-73(83-71)65-39-41-66(42-40-65)74-78-76-72(84-74)64-37-31-60(32-38-64)26-28-62-34-44-68(80-48-56(10)22-14-18-52(3)4)70(46-62)82-50-58(12)24-16-20-54(7)8/h25-46,51-58H,13-24,47-50H2,1-12H3/b27-25+,28-26+. The van der Waals surface area contributed by atoms with E-state index in [2.05, 4.69) is 188 Å². The van der Waals surface area contributed by atoms with Gasteiger partial charge >= 0.3 is 0 Å². The van der Waals surface area contributed by atoms with Crippen LogP contribution in [0.15, 0.2) is 118 Å². The highest BCUT2D eigenvalue weighted by Gasteiger charge is 2.17. The summed E-state index contributed by atoms with van der Waals surface area (Å²) < 4.78 is 38.2. The summed E-state index contributed by atoms with van der Waals surface area (Å²) in [4.78, 5) is 0. The van der Waals surface area contributed by atoms with Crippen LogP contribution in [0, 0.1) is 47.3 Å². The summed E-state index contributed by atoms with van der Waals surface area (Å²) in [5.74, 6) is 9.71. The van der Waals surface area contributed by atoms with Gasteiger partial charge in [-0.15, -0.1) is 20.4 Å². The van der Waals surface area contributed by atoms with Crippen LogP contribution in [0.2, 0.25) is 0 Å². The zero-order valence-corrected chi connectivity index (χ0v) is 52.9. The van der Waals surface area contributed by atoms with Crippen LogP contribution >= 0.6 is 0 Å². The van der Waals surface area contributed by atoms with Crippen molar-refractivity contribution in [2.45, 2.75) is 160 Å². The lowest BCUT2D eigenvalue weighted by Crippen LogP contribution is -2.12. The molecule has 0 bridgehead atoms. The molecule has 0 saturated heterocycles. The minimum Gasteiger partial charge on any atom is -0.489 e. The normalized spacial score (nSPS) is 13.4. The molecule has 4 unspecified atom stereocenters. The van der Waals surface area contributed by atoms with Crippen LogP contribution in [-0.2, 0) is 0 Å². The van der Waals surface area contributed by atoms with Crippen molar-refractivity contribution < 1.29 is 27.8 Å². The van der Waals surface area contributed by atoms with E-state index in [0.29, 0.717) is 73.7 Å². The lowest BCUT2D eigenvalue weighted by Gasteiger charge is -2.19. The smallest absolute Gasteiger partial charge is 0.248 e. The van der Waals surface area contributed by atoms with Gasteiger partial charge in [-0.2, -0.15) is 0 Å². The summed E-state index contributed by atoms with van der Waals surface area (Å²) in [6.07, 6.45) is 22.9. The molecule has 0 aliphatic rings. The minimum atomic E-state index is 0.419. The second-order valence-electron chi connectivity index (χ2n) is 25.7. The quantitative estimate of drug-likeness (QED) is 0.0352. The van der Waals surface area contributed by atoms with E-state index < -0.39 is 0 Å². The molecule has 0 fully saturated rings. The number of hydrogen-bond acceptors (Lipinski definition) is 10. The molecule has 450 valence electrons. The first kappa shape index (κ1) is 64.6. The van der Waals surface area contributed by atoms with E-state index in [1.165, 1.54) is 51.4 Å². The van der Waals surface area contributed by atoms with Gasteiger partial charge < -0.3 is 27.8 Å². The van der Waals surface area contributed by atoms with Crippen molar-refractivity contribution in [3.8, 4) is 68.8 Å². The van der Waals surface area contributed by atoms with Crippen molar-refractivity contribution in [1.82, 2.24) is 20.4 Å². The fourth-order valence-corrected chi connectivity index (χ4v) is 10.0. The Labute approximate surface area is 504 Å². The first-order valence-electron chi connectivity index (χ1n) is 31.7. The van der Waals surface area contributed by atoms with Gasteiger partial charge in [-0.05, 0) is 168 Å². The van der Waals surface area contributed by atoms with Gasteiger partial charge in [-0.25, -0.2) is 0 Å². The fraction of sp³-hybridized carbons (Fsp3) is 0.486. The zero-order chi connectivity index (χ0) is 59.8. The first-order valence-corrected chi connectivity index (χ1v) is 31.7. The largest absolute Gasteiger partial charge is 0.489 e. The Morgan fingerprint density at radius 1 is 0.298 bits per heavy atom. The molecule has 7 aromatic rings. The molecule has 0 radical (unpaired) electrons. The SMILES string of the molecule is CC(C)CCCC(C)COc1ccc(/C=C/c2ccc(-c3nnc(-c4ccc(-c5nnc(-c6ccc(/C=C/c7ccc(OCC(C)CCCC(C)C)c(OCC(C)CCCC(C)C)c7)cc6)o5)cc4)o3)cc2)cc1OCC(C)CCCC(C)C. The maximum atomic E-state index is 6.49. The van der Waals surface area contributed by atoms with Crippen LogP contribution in [0.3, 0.4) is 0 Å². The molecule has 5 aromatic carbocycles. The van der Waals surface area contributed by atoms with E-state index in [0.717, 1.165) is 117 Å². The molecule has 0 amide bonds. The summed E-state index contributed by atoms with van der Waals surface area (Å²) in [6, 6.07) is 36.4. The Morgan fingerprint density at radius 3 is 0.810 bits per heavy atom. The van der Waals surface area contributed by atoms with Gasteiger partial charge in [0.1, 0.15) is 0 Å². The number of rotatable bonds is 36. The molecule has 10 heteroatoms. The van der Waals surface area contributed by atoms with Crippen LogP contribution in [0.5, 0.6) is 23.0 Å². The maximum absolute atomic E-state index is 6.49. The van der Waals surface area contributed by atoms with Crippen molar-refractivity contribution in [3.05, 3.63) is 131 Å². The van der Waals surface area contributed by atoms with Crippen LogP contribution in [0.4, 0.5) is 0 Å². The average molecular weight is 1140 g/mol. The molecule has 4 atom stereocenters. The molecule has 7 rings (SSSR count). The van der Waals surface area contributed by atoms with E-state index in [4.69, 9.17) is 27.8 Å². The third kappa shape index (κ3) is 21.9. The number of aromatic nitrogens is 4. The van der Waals surface area contributed by atoms with Gasteiger partial charge in [0.15, 0.2) is 23.0 Å². The first-order chi connectivity index (χ1) is 40.5. The van der Waals surface area contributed by atoms with Crippen molar-refractivity contribution in [2.75, 3.05) is 26.4 Å². The Morgan fingerprint density at radius 2 is 0.536 bits per heavy atom. The molecular weight excluding hydrogens is 1040 g/mol. The van der Waals surface area contributed by atoms with E-state index in [1.807, 2.05) is 48.5 Å². The summed E-state index contributed by atoms with van der Waals surface area (Å²) in [5.41, 5.74) is 7.41.